The van der Waals surface area contributed by atoms with Gasteiger partial charge in [-0.1, -0.05) is 127 Å². The molecule has 208 valence electrons. The summed E-state index contributed by atoms with van der Waals surface area (Å²) in [6.07, 6.45) is 9.16. The molecule has 0 saturated carbocycles. The van der Waals surface area contributed by atoms with Gasteiger partial charge in [0.15, 0.2) is 0 Å². The molecule has 2 heterocycles. The molecule has 2 aliphatic rings. The molecule has 0 bridgehead atoms. The van der Waals surface area contributed by atoms with Gasteiger partial charge in [-0.15, -0.1) is 0 Å². The number of hydrogen-bond acceptors (Lipinski definition) is 1. The van der Waals surface area contributed by atoms with Crippen molar-refractivity contribution in [2.45, 2.75) is 12.0 Å². The van der Waals surface area contributed by atoms with Gasteiger partial charge in [0.1, 0.15) is 0 Å². The lowest BCUT2D eigenvalue weighted by molar-refractivity contribution is 0.742. The number of anilines is 2. The number of fused-ring (bicyclic) bond motifs is 6. The lowest BCUT2D eigenvalue weighted by Gasteiger charge is -2.29. The van der Waals surface area contributed by atoms with E-state index in [9.17, 15) is 0 Å². The number of rotatable bonds is 4. The van der Waals surface area contributed by atoms with Crippen molar-refractivity contribution in [3.8, 4) is 27.9 Å². The second-order valence-corrected chi connectivity index (χ2v) is 11.7. The summed E-state index contributed by atoms with van der Waals surface area (Å²) < 4.78 is 2.47. The van der Waals surface area contributed by atoms with Crippen LogP contribution in [0.3, 0.4) is 0 Å². The van der Waals surface area contributed by atoms with Crippen molar-refractivity contribution in [3.05, 3.63) is 175 Å². The molecule has 0 amide bonds. The van der Waals surface area contributed by atoms with Crippen molar-refractivity contribution in [2.75, 3.05) is 4.90 Å². The minimum atomic E-state index is 0.204. The van der Waals surface area contributed by atoms with E-state index >= 15 is 0 Å². The van der Waals surface area contributed by atoms with E-state index in [2.05, 4.69) is 179 Å². The van der Waals surface area contributed by atoms with Gasteiger partial charge in [-0.05, 0) is 64.7 Å². The van der Waals surface area contributed by atoms with E-state index in [-0.39, 0.29) is 12.0 Å². The van der Waals surface area contributed by atoms with E-state index in [1.165, 1.54) is 66.7 Å². The molecular formula is C42H30N2. The van der Waals surface area contributed by atoms with Crippen LogP contribution in [0.15, 0.2) is 170 Å². The van der Waals surface area contributed by atoms with Crippen molar-refractivity contribution in [2.24, 2.45) is 0 Å². The molecule has 6 aromatic carbocycles. The van der Waals surface area contributed by atoms with Crippen LogP contribution in [0.5, 0.6) is 0 Å². The van der Waals surface area contributed by atoms with Gasteiger partial charge in [0.2, 0.25) is 0 Å². The molecule has 0 radical (unpaired) electrons. The van der Waals surface area contributed by atoms with Crippen LogP contribution >= 0.6 is 0 Å². The molecular weight excluding hydrogens is 532 g/mol. The monoisotopic (exact) mass is 562 g/mol. The van der Waals surface area contributed by atoms with Crippen LogP contribution in [0.2, 0.25) is 0 Å². The maximum absolute atomic E-state index is 2.54. The Hall–Kier alpha value is -5.60. The molecule has 2 unspecified atom stereocenters. The molecule has 44 heavy (non-hydrogen) atoms. The molecule has 7 aromatic rings. The minimum absolute atomic E-state index is 0.204. The van der Waals surface area contributed by atoms with Gasteiger partial charge in [0.25, 0.3) is 0 Å². The third kappa shape index (κ3) is 3.81. The van der Waals surface area contributed by atoms with Gasteiger partial charge in [-0.2, -0.15) is 0 Å². The maximum atomic E-state index is 2.54. The number of hydrogen-bond donors (Lipinski definition) is 0. The van der Waals surface area contributed by atoms with E-state index in [0.29, 0.717) is 0 Å². The van der Waals surface area contributed by atoms with Crippen molar-refractivity contribution < 1.29 is 0 Å². The molecule has 2 heteroatoms. The summed E-state index contributed by atoms with van der Waals surface area (Å²) in [6, 6.07) is 53.2. The molecule has 9 rings (SSSR count). The van der Waals surface area contributed by atoms with Crippen LogP contribution in [0.25, 0.3) is 49.7 Å². The zero-order chi connectivity index (χ0) is 29.0. The van der Waals surface area contributed by atoms with E-state index in [0.717, 1.165) is 0 Å². The summed E-state index contributed by atoms with van der Waals surface area (Å²) in [5.74, 6) is 0.246. The topological polar surface area (TPSA) is 8.17 Å². The van der Waals surface area contributed by atoms with E-state index in [1.54, 1.807) is 0 Å². The highest BCUT2D eigenvalue weighted by Crippen LogP contribution is 2.51. The smallest absolute Gasteiger partial charge is 0.0630 e. The molecule has 0 N–H and O–H groups in total. The van der Waals surface area contributed by atoms with E-state index in [1.807, 2.05) is 0 Å². The maximum Gasteiger partial charge on any atom is 0.0630 e. The summed E-state index contributed by atoms with van der Waals surface area (Å²) in [6.45, 7) is 0. The van der Waals surface area contributed by atoms with Crippen LogP contribution < -0.4 is 4.90 Å². The number of benzene rings is 6. The highest BCUT2D eigenvalue weighted by molar-refractivity contribution is 6.09. The molecule has 1 aliphatic heterocycles. The number of aromatic nitrogens is 1. The van der Waals surface area contributed by atoms with Crippen LogP contribution in [0.1, 0.15) is 11.5 Å². The lowest BCUT2D eigenvalue weighted by Crippen LogP contribution is -2.28. The predicted octanol–water partition coefficient (Wildman–Crippen LogP) is 10.8. The Morgan fingerprint density at radius 1 is 0.432 bits per heavy atom. The normalized spacial score (nSPS) is 16.9. The van der Waals surface area contributed by atoms with Crippen LogP contribution in [0.4, 0.5) is 11.4 Å². The third-order valence-corrected chi connectivity index (χ3v) is 9.31. The van der Waals surface area contributed by atoms with E-state index in [4.69, 9.17) is 0 Å². The third-order valence-electron chi connectivity index (χ3n) is 9.31. The fourth-order valence-corrected chi connectivity index (χ4v) is 7.39. The van der Waals surface area contributed by atoms with Gasteiger partial charge in [0, 0.05) is 33.6 Å². The molecule has 0 fully saturated rings. The molecule has 1 aromatic heterocycles. The average molecular weight is 563 g/mol. The summed E-state index contributed by atoms with van der Waals surface area (Å²) >= 11 is 0. The van der Waals surface area contributed by atoms with Crippen molar-refractivity contribution in [3.63, 3.8) is 0 Å². The number of nitrogens with zero attached hydrogens (tertiary/aromatic N) is 2. The first-order chi connectivity index (χ1) is 21.8. The molecule has 2 nitrogen and oxygen atoms in total. The Bertz CT molecular complexity index is 2200. The average Bonchev–Trinajstić information content (AvgIpc) is 3.62. The second-order valence-electron chi connectivity index (χ2n) is 11.7. The minimum Gasteiger partial charge on any atom is -0.333 e. The van der Waals surface area contributed by atoms with Gasteiger partial charge in [-0.25, -0.2) is 0 Å². The summed E-state index contributed by atoms with van der Waals surface area (Å²) in [7, 11) is 0. The first-order valence-electron chi connectivity index (χ1n) is 15.4. The highest BCUT2D eigenvalue weighted by Gasteiger charge is 2.39. The Morgan fingerprint density at radius 3 is 1.77 bits per heavy atom. The first kappa shape index (κ1) is 24.9. The fourth-order valence-electron chi connectivity index (χ4n) is 7.39. The number of allylic oxidation sites excluding steroid dienone is 2. The second kappa shape index (κ2) is 10.00. The molecule has 2 atom stereocenters. The Labute approximate surface area is 257 Å². The number of para-hydroxylation sites is 2. The van der Waals surface area contributed by atoms with Crippen molar-refractivity contribution in [1.29, 1.82) is 0 Å². The van der Waals surface area contributed by atoms with Gasteiger partial charge in [-0.3, -0.25) is 0 Å². The van der Waals surface area contributed by atoms with Crippen molar-refractivity contribution >= 4 is 33.2 Å². The van der Waals surface area contributed by atoms with E-state index < -0.39 is 0 Å². The quantitative estimate of drug-likeness (QED) is 0.207. The van der Waals surface area contributed by atoms with Crippen LogP contribution in [0, 0.1) is 0 Å². The zero-order valence-corrected chi connectivity index (χ0v) is 24.2. The van der Waals surface area contributed by atoms with Crippen molar-refractivity contribution in [1.82, 2.24) is 4.57 Å². The largest absolute Gasteiger partial charge is 0.333 e. The van der Waals surface area contributed by atoms with Crippen LogP contribution in [-0.2, 0) is 0 Å². The Morgan fingerprint density at radius 2 is 1.00 bits per heavy atom. The first-order valence-corrected chi connectivity index (χ1v) is 15.4. The predicted molar refractivity (Wildman–Crippen MR) is 185 cm³/mol. The summed E-state index contributed by atoms with van der Waals surface area (Å²) in [4.78, 5) is 2.54. The Kier molecular flexibility index (Phi) is 5.67. The zero-order valence-electron chi connectivity index (χ0n) is 24.2. The molecule has 1 aliphatic carbocycles. The molecule has 0 spiro atoms. The molecule has 0 saturated heterocycles. The SMILES string of the molecule is C1=CC2c3c(cccc3-n3c4ccccc4c4ccccc43)N(c3cccc(-c4cccc(-c5ccccc5)c4)c3)C2C=C1. The fraction of sp³-hybridized carbons (Fsp3) is 0.0476. The summed E-state index contributed by atoms with van der Waals surface area (Å²) in [5, 5.41) is 2.58. The Balaban J connectivity index is 1.21. The van der Waals surface area contributed by atoms with Gasteiger partial charge in [0.05, 0.1) is 22.8 Å². The van der Waals surface area contributed by atoms with Gasteiger partial charge >= 0.3 is 0 Å². The highest BCUT2D eigenvalue weighted by atomic mass is 15.2. The standard InChI is InChI=1S/C42H30N2/c1-2-13-29(14-3-1)30-15-10-16-31(27-30)32-17-11-18-33(28-32)43-39-24-9-6-21-36(39)42-40(43)25-12-26-41(42)44-37-22-7-4-19-34(37)35-20-5-8-23-38(35)44/h1-28,36,39H. The summed E-state index contributed by atoms with van der Waals surface area (Å²) in [5.41, 5.74) is 12.5. The lowest BCUT2D eigenvalue weighted by atomic mass is 9.90. The van der Waals surface area contributed by atoms with Gasteiger partial charge < -0.3 is 9.47 Å². The van der Waals surface area contributed by atoms with Crippen LogP contribution in [-0.4, -0.2) is 10.6 Å².